The minimum Gasteiger partial charge on any atom is -0.490 e. The maximum Gasteiger partial charge on any atom is 0.326 e. The van der Waals surface area contributed by atoms with Gasteiger partial charge in [-0.05, 0) is 78.9 Å². The Bertz CT molecular complexity index is 779. The van der Waals surface area contributed by atoms with E-state index in [9.17, 15) is 14.4 Å². The van der Waals surface area contributed by atoms with Gasteiger partial charge < -0.3 is 14.2 Å². The van der Waals surface area contributed by atoms with E-state index in [0.717, 1.165) is 20.2 Å². The molecular weight excluding hydrogens is 485 g/mol. The highest BCUT2D eigenvalue weighted by Crippen LogP contribution is 2.37. The number of thioether (sulfide) groups is 1. The van der Waals surface area contributed by atoms with E-state index in [1.54, 1.807) is 19.1 Å². The van der Waals surface area contributed by atoms with Gasteiger partial charge >= 0.3 is 5.97 Å². The van der Waals surface area contributed by atoms with Crippen LogP contribution in [-0.2, 0) is 14.3 Å². The lowest BCUT2D eigenvalue weighted by molar-refractivity contribution is -0.145. The van der Waals surface area contributed by atoms with Crippen molar-refractivity contribution in [1.29, 1.82) is 0 Å². The van der Waals surface area contributed by atoms with Crippen LogP contribution in [0.5, 0.6) is 11.5 Å². The molecule has 0 bridgehead atoms. The molecule has 0 aromatic heterocycles. The molecule has 1 heterocycles. The van der Waals surface area contributed by atoms with Crippen molar-refractivity contribution in [2.75, 3.05) is 26.4 Å². The minimum atomic E-state index is -0.615. The molecule has 1 aliphatic heterocycles. The highest BCUT2D eigenvalue weighted by Gasteiger charge is 2.36. The molecule has 7 nitrogen and oxygen atoms in total. The number of esters is 1. The molecule has 0 N–H and O–H groups in total. The number of benzene rings is 1. The summed E-state index contributed by atoms with van der Waals surface area (Å²) >= 11 is 2.93. The first-order valence-electron chi connectivity index (χ1n) is 8.41. The first-order chi connectivity index (χ1) is 12.9. The second-order valence-electron chi connectivity index (χ2n) is 5.27. The van der Waals surface area contributed by atoms with Crippen LogP contribution in [0.4, 0.5) is 4.79 Å². The number of nitrogens with zero attached hydrogens (tertiary/aromatic N) is 1. The van der Waals surface area contributed by atoms with Gasteiger partial charge in [0.1, 0.15) is 6.54 Å². The molecule has 1 aromatic carbocycles. The Morgan fingerprint density at radius 1 is 1.15 bits per heavy atom. The normalized spacial score (nSPS) is 15.4. The molecule has 0 aliphatic carbocycles. The van der Waals surface area contributed by atoms with Crippen LogP contribution < -0.4 is 9.47 Å². The molecule has 0 saturated carbocycles. The first-order valence-corrected chi connectivity index (χ1v) is 10.3. The standard InChI is InChI=1S/C18H20INO6S/c1-4-24-13-8-11(7-12(19)16(13)26-6-3)9-14-17(22)20(18(23)27-14)10-15(21)25-5-2/h7-9H,4-6,10H2,1-3H3/b14-9+. The summed E-state index contributed by atoms with van der Waals surface area (Å²) in [6.45, 7) is 6.19. The molecule has 27 heavy (non-hydrogen) atoms. The molecule has 9 heteroatoms. The quantitative estimate of drug-likeness (QED) is 0.303. The summed E-state index contributed by atoms with van der Waals surface area (Å²) in [5.74, 6) is 0.0889. The fourth-order valence-electron chi connectivity index (χ4n) is 2.34. The maximum absolute atomic E-state index is 12.5. The van der Waals surface area contributed by atoms with Gasteiger partial charge in [-0.2, -0.15) is 0 Å². The zero-order valence-corrected chi connectivity index (χ0v) is 18.2. The highest BCUT2D eigenvalue weighted by atomic mass is 127. The Labute approximate surface area is 175 Å². The monoisotopic (exact) mass is 505 g/mol. The molecule has 1 aromatic rings. The van der Waals surface area contributed by atoms with Crippen LogP contribution in [0.2, 0.25) is 0 Å². The number of hydrogen-bond acceptors (Lipinski definition) is 7. The van der Waals surface area contributed by atoms with Crippen molar-refractivity contribution in [2.45, 2.75) is 20.8 Å². The van der Waals surface area contributed by atoms with Gasteiger partial charge in [-0.25, -0.2) is 0 Å². The smallest absolute Gasteiger partial charge is 0.326 e. The van der Waals surface area contributed by atoms with Crippen molar-refractivity contribution in [3.05, 3.63) is 26.2 Å². The van der Waals surface area contributed by atoms with Crippen LogP contribution in [0.3, 0.4) is 0 Å². The predicted octanol–water partition coefficient (Wildman–Crippen LogP) is 3.69. The number of rotatable bonds is 8. The molecule has 0 spiro atoms. The third kappa shape index (κ3) is 5.38. The predicted molar refractivity (Wildman–Crippen MR) is 111 cm³/mol. The van der Waals surface area contributed by atoms with Crippen LogP contribution in [0, 0.1) is 3.57 Å². The topological polar surface area (TPSA) is 82.1 Å². The third-order valence-corrected chi connectivity index (χ3v) is 5.09. The van der Waals surface area contributed by atoms with E-state index >= 15 is 0 Å². The van der Waals surface area contributed by atoms with Crippen LogP contribution in [0.25, 0.3) is 6.08 Å². The van der Waals surface area contributed by atoms with E-state index in [1.165, 1.54) is 0 Å². The Balaban J connectivity index is 2.29. The largest absolute Gasteiger partial charge is 0.490 e. The molecule has 1 saturated heterocycles. The van der Waals surface area contributed by atoms with Gasteiger partial charge in [0.15, 0.2) is 11.5 Å². The van der Waals surface area contributed by atoms with Crippen molar-refractivity contribution in [3.8, 4) is 11.5 Å². The van der Waals surface area contributed by atoms with Gasteiger partial charge in [0.2, 0.25) is 0 Å². The first kappa shape index (κ1) is 21.5. The van der Waals surface area contributed by atoms with Gasteiger partial charge in [0.05, 0.1) is 28.3 Å². The van der Waals surface area contributed by atoms with Crippen LogP contribution in [-0.4, -0.2) is 48.4 Å². The SMILES string of the molecule is CCOC(=O)CN1C(=O)S/C(=C/c2cc(I)c(OCC)c(OCC)c2)C1=O. The zero-order valence-electron chi connectivity index (χ0n) is 15.2. The number of amides is 2. The summed E-state index contributed by atoms with van der Waals surface area (Å²) in [5, 5.41) is -0.495. The average Bonchev–Trinajstić information content (AvgIpc) is 2.86. The number of carbonyl (C=O) groups excluding carboxylic acids is 3. The van der Waals surface area contributed by atoms with E-state index in [-0.39, 0.29) is 18.1 Å². The van der Waals surface area contributed by atoms with Crippen molar-refractivity contribution in [2.24, 2.45) is 0 Å². The molecule has 2 amide bonds. The molecule has 0 unspecified atom stereocenters. The number of carbonyl (C=O) groups is 3. The second kappa shape index (κ2) is 9.98. The Kier molecular flexibility index (Phi) is 7.96. The fraction of sp³-hybridized carbons (Fsp3) is 0.389. The summed E-state index contributed by atoms with van der Waals surface area (Å²) in [7, 11) is 0. The molecule has 2 rings (SSSR count). The van der Waals surface area contributed by atoms with Crippen molar-refractivity contribution >= 4 is 57.5 Å². The van der Waals surface area contributed by atoms with Gasteiger partial charge in [0.25, 0.3) is 11.1 Å². The summed E-state index contributed by atoms with van der Waals surface area (Å²) in [6, 6.07) is 3.60. The molecule has 0 atom stereocenters. The van der Waals surface area contributed by atoms with Gasteiger partial charge in [-0.1, -0.05) is 0 Å². The summed E-state index contributed by atoms with van der Waals surface area (Å²) in [4.78, 5) is 37.3. The van der Waals surface area contributed by atoms with Gasteiger partial charge in [0, 0.05) is 0 Å². The molecular formula is C18H20INO6S. The van der Waals surface area contributed by atoms with Crippen LogP contribution >= 0.6 is 34.4 Å². The Morgan fingerprint density at radius 2 is 1.85 bits per heavy atom. The van der Waals surface area contributed by atoms with E-state index < -0.39 is 17.1 Å². The summed E-state index contributed by atoms with van der Waals surface area (Å²) < 4.78 is 16.9. The average molecular weight is 505 g/mol. The summed E-state index contributed by atoms with van der Waals surface area (Å²) in [6.07, 6.45) is 1.61. The lowest BCUT2D eigenvalue weighted by Gasteiger charge is -2.13. The summed E-state index contributed by atoms with van der Waals surface area (Å²) in [5.41, 5.74) is 0.702. The second-order valence-corrected chi connectivity index (χ2v) is 7.42. The fourth-order valence-corrected chi connectivity index (χ4v) is 3.96. The highest BCUT2D eigenvalue weighted by molar-refractivity contribution is 14.1. The number of halogens is 1. The number of ether oxygens (including phenoxy) is 3. The van der Waals surface area contributed by atoms with Crippen molar-refractivity contribution in [3.63, 3.8) is 0 Å². The van der Waals surface area contributed by atoms with Gasteiger partial charge in [-0.3, -0.25) is 19.3 Å². The zero-order chi connectivity index (χ0) is 20.0. The van der Waals surface area contributed by atoms with Gasteiger partial charge in [-0.15, -0.1) is 0 Å². The maximum atomic E-state index is 12.5. The number of imide groups is 1. The van der Waals surface area contributed by atoms with Crippen LogP contribution in [0.1, 0.15) is 26.3 Å². The van der Waals surface area contributed by atoms with E-state index in [0.29, 0.717) is 30.3 Å². The molecule has 0 radical (unpaired) electrons. The lowest BCUT2D eigenvalue weighted by Crippen LogP contribution is -2.34. The van der Waals surface area contributed by atoms with E-state index in [4.69, 9.17) is 14.2 Å². The molecule has 1 fully saturated rings. The van der Waals surface area contributed by atoms with Crippen molar-refractivity contribution < 1.29 is 28.6 Å². The Morgan fingerprint density at radius 3 is 2.48 bits per heavy atom. The van der Waals surface area contributed by atoms with Crippen molar-refractivity contribution in [1.82, 2.24) is 4.90 Å². The van der Waals surface area contributed by atoms with E-state index in [2.05, 4.69) is 22.6 Å². The minimum absolute atomic E-state index is 0.190. The van der Waals surface area contributed by atoms with E-state index in [1.807, 2.05) is 19.9 Å². The number of hydrogen-bond donors (Lipinski definition) is 0. The lowest BCUT2D eigenvalue weighted by atomic mass is 10.2. The Hall–Kier alpha value is -1.75. The third-order valence-electron chi connectivity index (χ3n) is 3.38. The molecule has 1 aliphatic rings. The molecule has 146 valence electrons. The van der Waals surface area contributed by atoms with Crippen LogP contribution in [0.15, 0.2) is 17.0 Å².